The number of carbonyl (C=O) groups is 1. The molecule has 0 aromatic heterocycles. The van der Waals surface area contributed by atoms with Crippen LogP contribution in [0.4, 0.5) is 0 Å². The maximum atomic E-state index is 12.7. The Morgan fingerprint density at radius 1 is 1.12 bits per heavy atom. The molecule has 0 radical (unpaired) electrons. The summed E-state index contributed by atoms with van der Waals surface area (Å²) in [5, 5.41) is 0. The molecule has 0 bridgehead atoms. The molecule has 2 aromatic carbocycles. The molecule has 0 fully saturated rings. The first-order valence-electron chi connectivity index (χ1n) is 8.68. The van der Waals surface area contributed by atoms with Crippen molar-refractivity contribution in [3.05, 3.63) is 70.8 Å². The Kier molecular flexibility index (Phi) is 5.44. The van der Waals surface area contributed by atoms with Crippen LogP contribution in [0.1, 0.15) is 22.3 Å². The van der Waals surface area contributed by atoms with Crippen molar-refractivity contribution in [3.63, 3.8) is 0 Å². The number of benzene rings is 2. The highest BCUT2D eigenvalue weighted by molar-refractivity contribution is 7.88. The Bertz CT molecular complexity index is 909. The number of carbonyl (C=O) groups excluding carboxylic acids is 1. The van der Waals surface area contributed by atoms with Crippen LogP contribution < -0.4 is 0 Å². The zero-order valence-corrected chi connectivity index (χ0v) is 16.0. The van der Waals surface area contributed by atoms with Gasteiger partial charge >= 0.3 is 0 Å². The molecule has 6 heteroatoms. The van der Waals surface area contributed by atoms with Gasteiger partial charge in [-0.2, -0.15) is 4.31 Å². The number of rotatable bonds is 5. The minimum atomic E-state index is -3.48. The van der Waals surface area contributed by atoms with E-state index < -0.39 is 10.0 Å². The molecular weight excluding hydrogens is 348 g/mol. The molecular formula is C20H24N2O3S. The van der Waals surface area contributed by atoms with Gasteiger partial charge in [0.2, 0.25) is 15.9 Å². The summed E-state index contributed by atoms with van der Waals surface area (Å²) in [7, 11) is -3.48. The standard InChI is InChI=1S/C20H24N2O3S/c1-16-6-5-7-17(12-16)13-22(26(2,24)25)15-20(23)21-11-10-18-8-3-4-9-19(18)14-21/h3-9,12H,10-11,13-15H2,1-2H3. The van der Waals surface area contributed by atoms with Gasteiger partial charge in [0, 0.05) is 19.6 Å². The molecule has 26 heavy (non-hydrogen) atoms. The molecule has 0 unspecified atom stereocenters. The normalized spacial score (nSPS) is 14.3. The summed E-state index contributed by atoms with van der Waals surface area (Å²) in [5.41, 5.74) is 4.34. The predicted molar refractivity (Wildman–Crippen MR) is 102 cm³/mol. The van der Waals surface area contributed by atoms with Gasteiger partial charge in [0.15, 0.2) is 0 Å². The number of amides is 1. The van der Waals surface area contributed by atoms with Gasteiger partial charge in [0.25, 0.3) is 0 Å². The topological polar surface area (TPSA) is 57.7 Å². The molecule has 138 valence electrons. The van der Waals surface area contributed by atoms with Gasteiger partial charge in [-0.05, 0) is 30.0 Å². The van der Waals surface area contributed by atoms with Crippen molar-refractivity contribution in [2.45, 2.75) is 26.4 Å². The second-order valence-corrected chi connectivity index (χ2v) is 8.84. The molecule has 1 aliphatic rings. The van der Waals surface area contributed by atoms with Crippen molar-refractivity contribution in [3.8, 4) is 0 Å². The number of sulfonamides is 1. The Hall–Kier alpha value is -2.18. The molecule has 0 N–H and O–H groups in total. The molecule has 5 nitrogen and oxygen atoms in total. The third kappa shape index (κ3) is 4.51. The average Bonchev–Trinajstić information content (AvgIpc) is 2.60. The Morgan fingerprint density at radius 2 is 1.85 bits per heavy atom. The van der Waals surface area contributed by atoms with Crippen LogP contribution in [-0.4, -0.2) is 42.9 Å². The third-order valence-corrected chi connectivity index (χ3v) is 5.90. The summed E-state index contributed by atoms with van der Waals surface area (Å²) >= 11 is 0. The van der Waals surface area contributed by atoms with E-state index in [1.165, 1.54) is 9.87 Å². The van der Waals surface area contributed by atoms with Crippen molar-refractivity contribution in [2.75, 3.05) is 19.3 Å². The van der Waals surface area contributed by atoms with Crippen LogP contribution in [-0.2, 0) is 34.3 Å². The summed E-state index contributed by atoms with van der Waals surface area (Å²) in [6.45, 7) is 3.20. The molecule has 0 aliphatic carbocycles. The molecule has 2 aromatic rings. The number of nitrogens with zero attached hydrogens (tertiary/aromatic N) is 2. The van der Waals surface area contributed by atoms with Gasteiger partial charge in [-0.15, -0.1) is 0 Å². The van der Waals surface area contributed by atoms with Crippen molar-refractivity contribution in [1.29, 1.82) is 0 Å². The Morgan fingerprint density at radius 3 is 2.54 bits per heavy atom. The molecule has 1 heterocycles. The second-order valence-electron chi connectivity index (χ2n) is 6.85. The maximum absolute atomic E-state index is 12.7. The fourth-order valence-electron chi connectivity index (χ4n) is 3.26. The van der Waals surface area contributed by atoms with E-state index in [1.54, 1.807) is 4.90 Å². The van der Waals surface area contributed by atoms with E-state index in [4.69, 9.17) is 0 Å². The molecule has 0 spiro atoms. The monoisotopic (exact) mass is 372 g/mol. The zero-order chi connectivity index (χ0) is 18.7. The van der Waals surface area contributed by atoms with Crippen LogP contribution >= 0.6 is 0 Å². The summed E-state index contributed by atoms with van der Waals surface area (Å²) in [4.78, 5) is 14.5. The van der Waals surface area contributed by atoms with Crippen molar-refractivity contribution in [1.82, 2.24) is 9.21 Å². The summed E-state index contributed by atoms with van der Waals surface area (Å²) in [6, 6.07) is 15.8. The van der Waals surface area contributed by atoms with Crippen LogP contribution in [0.3, 0.4) is 0 Å². The lowest BCUT2D eigenvalue weighted by molar-refractivity contribution is -0.132. The quantitative estimate of drug-likeness (QED) is 0.809. The molecule has 1 amide bonds. The van der Waals surface area contributed by atoms with E-state index in [9.17, 15) is 13.2 Å². The largest absolute Gasteiger partial charge is 0.337 e. The van der Waals surface area contributed by atoms with Crippen LogP contribution in [0, 0.1) is 6.92 Å². The van der Waals surface area contributed by atoms with Gasteiger partial charge in [-0.25, -0.2) is 8.42 Å². The third-order valence-electron chi connectivity index (χ3n) is 4.71. The van der Waals surface area contributed by atoms with E-state index in [1.807, 2.05) is 49.4 Å². The smallest absolute Gasteiger partial charge is 0.238 e. The average molecular weight is 372 g/mol. The fourth-order valence-corrected chi connectivity index (χ4v) is 3.99. The number of hydrogen-bond donors (Lipinski definition) is 0. The van der Waals surface area contributed by atoms with Gasteiger partial charge in [0.05, 0.1) is 12.8 Å². The molecule has 3 rings (SSSR count). The van der Waals surface area contributed by atoms with E-state index >= 15 is 0 Å². The van der Waals surface area contributed by atoms with Gasteiger partial charge < -0.3 is 4.90 Å². The highest BCUT2D eigenvalue weighted by Crippen LogP contribution is 2.19. The molecule has 1 aliphatic heterocycles. The van der Waals surface area contributed by atoms with Gasteiger partial charge in [0.1, 0.15) is 0 Å². The van der Waals surface area contributed by atoms with Crippen LogP contribution in [0.15, 0.2) is 48.5 Å². The lowest BCUT2D eigenvalue weighted by Gasteiger charge is -2.30. The van der Waals surface area contributed by atoms with E-state index in [0.717, 1.165) is 29.4 Å². The van der Waals surface area contributed by atoms with Crippen molar-refractivity contribution < 1.29 is 13.2 Å². The summed E-state index contributed by atoms with van der Waals surface area (Å²) < 4.78 is 25.6. The van der Waals surface area contributed by atoms with E-state index in [-0.39, 0.29) is 19.0 Å². The SMILES string of the molecule is Cc1cccc(CN(CC(=O)N2CCc3ccccc3C2)S(C)(=O)=O)c1. The van der Waals surface area contributed by atoms with Crippen LogP contribution in [0.25, 0.3) is 0 Å². The first-order chi connectivity index (χ1) is 12.3. The molecule has 0 saturated carbocycles. The predicted octanol–water partition coefficient (Wildman–Crippen LogP) is 2.34. The van der Waals surface area contributed by atoms with Gasteiger partial charge in [-0.1, -0.05) is 54.1 Å². The highest BCUT2D eigenvalue weighted by atomic mass is 32.2. The lowest BCUT2D eigenvalue weighted by Crippen LogP contribution is -2.44. The van der Waals surface area contributed by atoms with Crippen LogP contribution in [0.2, 0.25) is 0 Å². The van der Waals surface area contributed by atoms with Crippen LogP contribution in [0.5, 0.6) is 0 Å². The first kappa shape index (κ1) is 18.6. The molecule has 0 saturated heterocycles. The fraction of sp³-hybridized carbons (Fsp3) is 0.350. The van der Waals surface area contributed by atoms with Gasteiger partial charge in [-0.3, -0.25) is 4.79 Å². The summed E-state index contributed by atoms with van der Waals surface area (Å²) in [6.07, 6.45) is 1.96. The minimum Gasteiger partial charge on any atom is -0.337 e. The zero-order valence-electron chi connectivity index (χ0n) is 15.2. The van der Waals surface area contributed by atoms with E-state index in [2.05, 4.69) is 6.07 Å². The summed E-state index contributed by atoms with van der Waals surface area (Å²) in [5.74, 6) is -0.155. The highest BCUT2D eigenvalue weighted by Gasteiger charge is 2.26. The van der Waals surface area contributed by atoms with Crippen molar-refractivity contribution >= 4 is 15.9 Å². The Labute approximate surface area is 155 Å². The van der Waals surface area contributed by atoms with E-state index in [0.29, 0.717) is 13.1 Å². The van der Waals surface area contributed by atoms with Crippen molar-refractivity contribution in [2.24, 2.45) is 0 Å². The lowest BCUT2D eigenvalue weighted by atomic mass is 10.00. The number of hydrogen-bond acceptors (Lipinski definition) is 3. The maximum Gasteiger partial charge on any atom is 0.238 e. The molecule has 0 atom stereocenters. The Balaban J connectivity index is 1.72. The number of fused-ring (bicyclic) bond motifs is 1. The first-order valence-corrected chi connectivity index (χ1v) is 10.5. The second kappa shape index (κ2) is 7.60. The number of aryl methyl sites for hydroxylation is 1. The minimum absolute atomic E-state index is 0.130.